The second kappa shape index (κ2) is 7.17. The maximum Gasteiger partial charge on any atom is 0.239 e. The molecule has 0 N–H and O–H groups in total. The number of nitrogens with zero attached hydrogens (tertiary/aromatic N) is 4. The summed E-state index contributed by atoms with van der Waals surface area (Å²) in [4.78, 5) is 9.33. The van der Waals surface area contributed by atoms with Gasteiger partial charge in [0.2, 0.25) is 5.89 Å². The van der Waals surface area contributed by atoms with Gasteiger partial charge in [-0.3, -0.25) is 0 Å². The zero-order chi connectivity index (χ0) is 18.0. The number of methoxy groups -OCH3 is 1. The van der Waals surface area contributed by atoms with Gasteiger partial charge in [0, 0.05) is 19.1 Å². The lowest BCUT2D eigenvalue weighted by atomic mass is 9.96. The molecule has 0 bridgehead atoms. The first-order chi connectivity index (χ1) is 11.9. The summed E-state index contributed by atoms with van der Waals surface area (Å²) in [6.07, 6.45) is 0. The summed E-state index contributed by atoms with van der Waals surface area (Å²) in [5.74, 6) is 1.35. The van der Waals surface area contributed by atoms with Crippen LogP contribution in [-0.4, -0.2) is 33.4 Å². The summed E-state index contributed by atoms with van der Waals surface area (Å²) in [5, 5.41) is 5.07. The second-order valence-electron chi connectivity index (χ2n) is 6.99. The molecule has 0 spiro atoms. The Hall–Kier alpha value is -1.86. The maximum atomic E-state index is 5.48. The number of fused-ring (bicyclic) bond motifs is 1. The van der Waals surface area contributed by atoms with E-state index in [-0.39, 0.29) is 10.7 Å². The van der Waals surface area contributed by atoms with Crippen molar-refractivity contribution in [3.8, 4) is 0 Å². The van der Waals surface area contributed by atoms with Crippen LogP contribution in [0.2, 0.25) is 0 Å². The topological polar surface area (TPSA) is 66.0 Å². The van der Waals surface area contributed by atoms with Crippen molar-refractivity contribution in [3.05, 3.63) is 36.0 Å². The summed E-state index contributed by atoms with van der Waals surface area (Å²) in [6.45, 7) is 9.67. The summed E-state index contributed by atoms with van der Waals surface area (Å²) in [5.41, 5.74) is 1.96. The molecule has 1 atom stereocenters. The molecule has 0 amide bonds. The van der Waals surface area contributed by atoms with Crippen molar-refractivity contribution < 1.29 is 9.26 Å². The highest BCUT2D eigenvalue weighted by Crippen LogP contribution is 2.36. The van der Waals surface area contributed by atoms with Crippen LogP contribution >= 0.6 is 11.8 Å². The van der Waals surface area contributed by atoms with Crippen LogP contribution in [0.3, 0.4) is 0 Å². The Kier molecular flexibility index (Phi) is 5.15. The van der Waals surface area contributed by atoms with E-state index >= 15 is 0 Å². The molecule has 6 nitrogen and oxygen atoms in total. The van der Waals surface area contributed by atoms with Gasteiger partial charge in [-0.2, -0.15) is 4.98 Å². The van der Waals surface area contributed by atoms with E-state index in [0.717, 1.165) is 28.6 Å². The maximum absolute atomic E-state index is 5.48. The quantitative estimate of drug-likeness (QED) is 0.613. The van der Waals surface area contributed by atoms with E-state index in [1.54, 1.807) is 18.9 Å². The zero-order valence-corrected chi connectivity index (χ0v) is 16.1. The Morgan fingerprint density at radius 2 is 2.00 bits per heavy atom. The third kappa shape index (κ3) is 3.88. The number of ether oxygens (including phenoxy) is 1. The molecule has 3 rings (SSSR count). The zero-order valence-electron chi connectivity index (χ0n) is 15.3. The van der Waals surface area contributed by atoms with Crippen LogP contribution in [-0.2, 0) is 16.7 Å². The molecule has 2 aromatic heterocycles. The number of aromatic nitrogens is 4. The molecule has 1 aromatic carbocycles. The van der Waals surface area contributed by atoms with Crippen molar-refractivity contribution in [1.82, 2.24) is 19.7 Å². The highest BCUT2D eigenvalue weighted by molar-refractivity contribution is 7.99. The molecular weight excluding hydrogens is 336 g/mol. The fourth-order valence-electron chi connectivity index (χ4n) is 2.46. The number of rotatable bonds is 6. The number of benzene rings is 1. The molecule has 0 aliphatic carbocycles. The van der Waals surface area contributed by atoms with E-state index in [1.807, 2.05) is 18.2 Å². The largest absolute Gasteiger partial charge is 0.383 e. The lowest BCUT2D eigenvalue weighted by Gasteiger charge is -2.12. The molecule has 0 saturated carbocycles. The summed E-state index contributed by atoms with van der Waals surface area (Å²) < 4.78 is 12.9. The monoisotopic (exact) mass is 360 g/mol. The number of para-hydroxylation sites is 2. The molecule has 0 fully saturated rings. The number of thioether (sulfide) groups is 1. The van der Waals surface area contributed by atoms with Crippen LogP contribution in [0.5, 0.6) is 0 Å². The Bertz CT molecular complexity index is 850. The van der Waals surface area contributed by atoms with E-state index in [2.05, 4.69) is 48.5 Å². The first-order valence-electron chi connectivity index (χ1n) is 8.35. The standard InChI is InChI=1S/C18H24N4O2S/c1-12(15-20-16(21-24-15)18(2,3)4)25-17-19-13-8-6-7-9-14(13)22(17)10-11-23-5/h6-9,12H,10-11H2,1-5H3. The van der Waals surface area contributed by atoms with Crippen LogP contribution in [0.25, 0.3) is 11.0 Å². The fourth-order valence-corrected chi connectivity index (χ4v) is 3.44. The van der Waals surface area contributed by atoms with Gasteiger partial charge in [-0.25, -0.2) is 4.98 Å². The highest BCUT2D eigenvalue weighted by Gasteiger charge is 2.24. The Labute approximate surface area is 152 Å². The first-order valence-corrected chi connectivity index (χ1v) is 9.23. The molecule has 0 aliphatic heterocycles. The van der Waals surface area contributed by atoms with Crippen LogP contribution in [0.4, 0.5) is 0 Å². The van der Waals surface area contributed by atoms with Crippen molar-refractivity contribution in [2.24, 2.45) is 0 Å². The molecule has 2 heterocycles. The molecule has 25 heavy (non-hydrogen) atoms. The molecule has 0 saturated heterocycles. The van der Waals surface area contributed by atoms with Crippen molar-refractivity contribution >= 4 is 22.8 Å². The molecule has 3 aromatic rings. The van der Waals surface area contributed by atoms with Gasteiger partial charge in [-0.15, -0.1) is 0 Å². The third-order valence-corrected chi connectivity index (χ3v) is 4.96. The van der Waals surface area contributed by atoms with E-state index in [0.29, 0.717) is 12.5 Å². The molecule has 0 aliphatic rings. The smallest absolute Gasteiger partial charge is 0.239 e. The minimum atomic E-state index is -0.127. The molecule has 0 radical (unpaired) electrons. The SMILES string of the molecule is COCCn1c(SC(C)c2nc(C(C)(C)C)no2)nc2ccccc21. The van der Waals surface area contributed by atoms with Gasteiger partial charge in [0.05, 0.1) is 22.9 Å². The van der Waals surface area contributed by atoms with Crippen molar-refractivity contribution in [2.75, 3.05) is 13.7 Å². The van der Waals surface area contributed by atoms with Crippen LogP contribution in [0, 0.1) is 0 Å². The highest BCUT2D eigenvalue weighted by atomic mass is 32.2. The lowest BCUT2D eigenvalue weighted by Crippen LogP contribution is -2.13. The molecule has 1 unspecified atom stereocenters. The van der Waals surface area contributed by atoms with E-state index in [9.17, 15) is 0 Å². The Balaban J connectivity index is 1.87. The number of hydrogen-bond acceptors (Lipinski definition) is 6. The van der Waals surface area contributed by atoms with E-state index < -0.39 is 0 Å². The summed E-state index contributed by atoms with van der Waals surface area (Å²) in [7, 11) is 1.71. The van der Waals surface area contributed by atoms with Gasteiger partial charge in [-0.05, 0) is 19.1 Å². The average molecular weight is 360 g/mol. The molecule has 7 heteroatoms. The summed E-state index contributed by atoms with van der Waals surface area (Å²) in [6, 6.07) is 8.13. The van der Waals surface area contributed by atoms with Crippen molar-refractivity contribution in [2.45, 2.75) is 50.1 Å². The number of imidazole rings is 1. The Morgan fingerprint density at radius 1 is 1.24 bits per heavy atom. The van der Waals surface area contributed by atoms with Crippen molar-refractivity contribution in [1.29, 1.82) is 0 Å². The predicted molar refractivity (Wildman–Crippen MR) is 98.9 cm³/mol. The first kappa shape index (κ1) is 17.9. The van der Waals surface area contributed by atoms with Gasteiger partial charge < -0.3 is 13.8 Å². The lowest BCUT2D eigenvalue weighted by molar-refractivity contribution is 0.186. The van der Waals surface area contributed by atoms with Gasteiger partial charge in [0.1, 0.15) is 0 Å². The van der Waals surface area contributed by atoms with Crippen LogP contribution in [0.1, 0.15) is 44.7 Å². The second-order valence-corrected chi connectivity index (χ2v) is 8.30. The third-order valence-electron chi connectivity index (χ3n) is 3.88. The molecular formula is C18H24N4O2S. The van der Waals surface area contributed by atoms with Gasteiger partial charge in [0.25, 0.3) is 0 Å². The minimum absolute atomic E-state index is 0.0155. The predicted octanol–water partition coefficient (Wildman–Crippen LogP) is 4.22. The normalized spacial score (nSPS) is 13.5. The van der Waals surface area contributed by atoms with E-state index in [4.69, 9.17) is 14.2 Å². The Morgan fingerprint density at radius 3 is 2.68 bits per heavy atom. The summed E-state index contributed by atoms with van der Waals surface area (Å²) >= 11 is 1.62. The fraction of sp³-hybridized carbons (Fsp3) is 0.500. The average Bonchev–Trinajstić information content (AvgIpc) is 3.18. The van der Waals surface area contributed by atoms with Gasteiger partial charge in [0.15, 0.2) is 11.0 Å². The number of hydrogen-bond donors (Lipinski definition) is 0. The minimum Gasteiger partial charge on any atom is -0.383 e. The van der Waals surface area contributed by atoms with Crippen molar-refractivity contribution in [3.63, 3.8) is 0 Å². The van der Waals surface area contributed by atoms with Crippen LogP contribution < -0.4 is 0 Å². The van der Waals surface area contributed by atoms with Crippen LogP contribution in [0.15, 0.2) is 33.9 Å². The molecule has 134 valence electrons. The van der Waals surface area contributed by atoms with Gasteiger partial charge in [-0.1, -0.05) is 49.8 Å². The van der Waals surface area contributed by atoms with Gasteiger partial charge >= 0.3 is 0 Å². The van der Waals surface area contributed by atoms with E-state index in [1.165, 1.54) is 0 Å².